The van der Waals surface area contributed by atoms with E-state index in [0.29, 0.717) is 11.4 Å². The zero-order valence-corrected chi connectivity index (χ0v) is 10.9. The van der Waals surface area contributed by atoms with Gasteiger partial charge >= 0.3 is 0 Å². The topological polar surface area (TPSA) is 55.4 Å². The number of rotatable bonds is 5. The summed E-state index contributed by atoms with van der Waals surface area (Å²) in [5.74, 6) is 0.683. The Hall–Kier alpha value is -1.23. The van der Waals surface area contributed by atoms with Crippen LogP contribution in [0.15, 0.2) is 18.2 Å². The third kappa shape index (κ3) is 3.36. The molecule has 17 heavy (non-hydrogen) atoms. The van der Waals surface area contributed by atoms with Crippen LogP contribution in [0, 0.1) is 0 Å². The fourth-order valence-corrected chi connectivity index (χ4v) is 2.20. The molecule has 0 atom stereocenters. The van der Waals surface area contributed by atoms with Crippen molar-refractivity contribution in [3.05, 3.63) is 23.8 Å². The Bertz CT molecular complexity index is 506. The second kappa shape index (κ2) is 4.56. The first-order chi connectivity index (χ1) is 7.99. The van der Waals surface area contributed by atoms with Crippen molar-refractivity contribution in [2.24, 2.45) is 0 Å². The second-order valence-corrected chi connectivity index (χ2v) is 6.09. The van der Waals surface area contributed by atoms with E-state index in [1.165, 1.54) is 0 Å². The minimum Gasteiger partial charge on any atom is -0.488 e. The molecule has 1 aromatic carbocycles. The molecule has 1 fully saturated rings. The largest absolute Gasteiger partial charge is 0.488 e. The van der Waals surface area contributed by atoms with Gasteiger partial charge in [0.15, 0.2) is 0 Å². The van der Waals surface area contributed by atoms with Crippen LogP contribution in [0.5, 0.6) is 5.75 Å². The lowest BCUT2D eigenvalue weighted by Crippen LogP contribution is -2.12. The number of ether oxygens (including phenoxy) is 1. The van der Waals surface area contributed by atoms with Gasteiger partial charge in [-0.2, -0.15) is 0 Å². The highest BCUT2D eigenvalue weighted by molar-refractivity contribution is 7.92. The molecule has 0 unspecified atom stereocenters. The Morgan fingerprint density at radius 3 is 2.65 bits per heavy atom. The lowest BCUT2D eigenvalue weighted by atomic mass is 10.1. The molecule has 1 aliphatic rings. The van der Waals surface area contributed by atoms with Gasteiger partial charge in [-0.25, -0.2) is 8.42 Å². The lowest BCUT2D eigenvalue weighted by Gasteiger charge is -2.15. The molecule has 0 aromatic heterocycles. The first-order valence-electron chi connectivity index (χ1n) is 5.76. The molecule has 4 nitrogen and oxygen atoms in total. The molecule has 0 spiro atoms. The van der Waals surface area contributed by atoms with Crippen molar-refractivity contribution in [1.82, 2.24) is 0 Å². The molecule has 1 N–H and O–H groups in total. The fourth-order valence-electron chi connectivity index (χ4n) is 1.64. The number of hydrogen-bond acceptors (Lipinski definition) is 3. The maximum Gasteiger partial charge on any atom is 0.229 e. The van der Waals surface area contributed by atoms with Crippen LogP contribution in [-0.2, 0) is 16.4 Å². The highest BCUT2D eigenvalue weighted by Crippen LogP contribution is 2.35. The van der Waals surface area contributed by atoms with E-state index in [1.807, 2.05) is 19.1 Å². The average Bonchev–Trinajstić information content (AvgIpc) is 3.02. The van der Waals surface area contributed by atoms with Gasteiger partial charge in [0.25, 0.3) is 0 Å². The zero-order valence-electron chi connectivity index (χ0n) is 10.1. The van der Waals surface area contributed by atoms with Crippen molar-refractivity contribution in [3.63, 3.8) is 0 Å². The van der Waals surface area contributed by atoms with Crippen LogP contribution in [-0.4, -0.2) is 20.8 Å². The van der Waals surface area contributed by atoms with Crippen molar-refractivity contribution in [1.29, 1.82) is 0 Å². The molecule has 0 bridgehead atoms. The molecular formula is C12H17NO3S. The highest BCUT2D eigenvalue weighted by Gasteiger charge is 2.26. The molecule has 0 heterocycles. The van der Waals surface area contributed by atoms with Crippen molar-refractivity contribution >= 4 is 15.7 Å². The monoisotopic (exact) mass is 255 g/mol. The maximum absolute atomic E-state index is 11.3. The van der Waals surface area contributed by atoms with Crippen LogP contribution in [0.3, 0.4) is 0 Å². The van der Waals surface area contributed by atoms with Crippen molar-refractivity contribution in [3.8, 4) is 5.75 Å². The van der Waals surface area contributed by atoms with E-state index in [1.54, 1.807) is 6.07 Å². The quantitative estimate of drug-likeness (QED) is 0.877. The third-order valence-electron chi connectivity index (χ3n) is 2.58. The van der Waals surface area contributed by atoms with Gasteiger partial charge in [-0.3, -0.25) is 4.72 Å². The van der Waals surface area contributed by atoms with Crippen LogP contribution in [0.4, 0.5) is 5.69 Å². The van der Waals surface area contributed by atoms with Gasteiger partial charge < -0.3 is 4.74 Å². The average molecular weight is 255 g/mol. The van der Waals surface area contributed by atoms with Crippen LogP contribution in [0.2, 0.25) is 0 Å². The smallest absolute Gasteiger partial charge is 0.229 e. The molecule has 5 heteroatoms. The number of benzene rings is 1. The van der Waals surface area contributed by atoms with Crippen LogP contribution < -0.4 is 9.46 Å². The molecular weight excluding hydrogens is 238 g/mol. The molecule has 1 aliphatic carbocycles. The molecule has 94 valence electrons. The minimum atomic E-state index is -3.27. The van der Waals surface area contributed by atoms with Gasteiger partial charge in [0.05, 0.1) is 18.0 Å². The highest BCUT2D eigenvalue weighted by atomic mass is 32.2. The summed E-state index contributed by atoms with van der Waals surface area (Å²) < 4.78 is 30.9. The van der Waals surface area contributed by atoms with Gasteiger partial charge in [-0.15, -0.1) is 0 Å². The fraction of sp³-hybridized carbons (Fsp3) is 0.500. The van der Waals surface area contributed by atoms with Crippen LogP contribution >= 0.6 is 0 Å². The third-order valence-corrected chi connectivity index (χ3v) is 3.17. The molecule has 0 radical (unpaired) electrons. The Balaban J connectivity index is 2.34. The number of hydrogen-bond donors (Lipinski definition) is 1. The minimum absolute atomic E-state index is 0.253. The summed E-state index contributed by atoms with van der Waals surface area (Å²) in [6, 6.07) is 5.54. The molecule has 0 aliphatic heterocycles. The Morgan fingerprint density at radius 1 is 1.41 bits per heavy atom. The number of para-hydroxylation sites is 1. The summed E-state index contributed by atoms with van der Waals surface area (Å²) in [7, 11) is -3.27. The standard InChI is InChI=1S/C12H17NO3S/c1-3-9-5-4-6-11(13-17(2,14)15)12(9)16-10-7-8-10/h4-6,10,13H,3,7-8H2,1-2H3. The lowest BCUT2D eigenvalue weighted by molar-refractivity contribution is 0.302. The van der Waals surface area contributed by atoms with E-state index >= 15 is 0 Å². The van der Waals surface area contributed by atoms with Gasteiger partial charge in [0, 0.05) is 0 Å². The van der Waals surface area contributed by atoms with E-state index in [0.717, 1.165) is 31.1 Å². The summed E-state index contributed by atoms with van der Waals surface area (Å²) in [6.07, 6.45) is 4.32. The van der Waals surface area contributed by atoms with E-state index < -0.39 is 10.0 Å². The molecule has 1 saturated carbocycles. The first kappa shape index (κ1) is 12.2. The van der Waals surface area contributed by atoms with Gasteiger partial charge in [-0.05, 0) is 30.9 Å². The molecule has 0 saturated heterocycles. The van der Waals surface area contributed by atoms with E-state index in [4.69, 9.17) is 4.74 Å². The molecule has 1 aromatic rings. The number of nitrogens with one attached hydrogen (secondary N) is 1. The van der Waals surface area contributed by atoms with E-state index in [9.17, 15) is 8.42 Å². The second-order valence-electron chi connectivity index (χ2n) is 4.34. The summed E-state index contributed by atoms with van der Waals surface area (Å²) in [5, 5.41) is 0. The summed E-state index contributed by atoms with van der Waals surface area (Å²) in [6.45, 7) is 2.03. The van der Waals surface area contributed by atoms with Gasteiger partial charge in [0.1, 0.15) is 5.75 Å². The van der Waals surface area contributed by atoms with E-state index in [2.05, 4.69) is 4.72 Å². The Labute approximate surface area is 102 Å². The number of anilines is 1. The van der Waals surface area contributed by atoms with Crippen LogP contribution in [0.25, 0.3) is 0 Å². The number of aryl methyl sites for hydroxylation is 1. The number of sulfonamides is 1. The molecule has 2 rings (SSSR count). The SMILES string of the molecule is CCc1cccc(NS(C)(=O)=O)c1OC1CC1. The van der Waals surface area contributed by atoms with E-state index in [-0.39, 0.29) is 6.10 Å². The summed E-state index contributed by atoms with van der Waals surface area (Å²) in [4.78, 5) is 0. The van der Waals surface area contributed by atoms with Gasteiger partial charge in [0.2, 0.25) is 10.0 Å². The predicted molar refractivity (Wildman–Crippen MR) is 67.9 cm³/mol. The predicted octanol–water partition coefficient (Wildman–Crippen LogP) is 2.16. The summed E-state index contributed by atoms with van der Waals surface area (Å²) >= 11 is 0. The van der Waals surface area contributed by atoms with Crippen molar-refractivity contribution < 1.29 is 13.2 Å². The maximum atomic E-state index is 11.3. The Morgan fingerprint density at radius 2 is 2.12 bits per heavy atom. The zero-order chi connectivity index (χ0) is 12.5. The van der Waals surface area contributed by atoms with Crippen LogP contribution in [0.1, 0.15) is 25.3 Å². The summed E-state index contributed by atoms with van der Waals surface area (Å²) in [5.41, 5.74) is 1.57. The van der Waals surface area contributed by atoms with Crippen molar-refractivity contribution in [2.75, 3.05) is 11.0 Å². The molecule has 0 amide bonds. The first-order valence-corrected chi connectivity index (χ1v) is 7.65. The normalized spacial score (nSPS) is 15.6. The van der Waals surface area contributed by atoms with Gasteiger partial charge in [-0.1, -0.05) is 19.1 Å². The Kier molecular flexibility index (Phi) is 3.28. The van der Waals surface area contributed by atoms with Crippen molar-refractivity contribution in [2.45, 2.75) is 32.3 Å².